The number of ketones is 1. The summed E-state index contributed by atoms with van der Waals surface area (Å²) in [7, 11) is 0. The number of nitrogens with two attached hydrogens (primary N) is 1. The van der Waals surface area contributed by atoms with Crippen LogP contribution < -0.4 is 5.14 Å². The lowest BCUT2D eigenvalue weighted by Gasteiger charge is -2.25. The molecule has 1 aromatic rings. The van der Waals surface area contributed by atoms with E-state index in [9.17, 15) is 9.59 Å². The van der Waals surface area contributed by atoms with Crippen molar-refractivity contribution < 1.29 is 9.59 Å². The molecule has 1 atom stereocenters. The molecule has 1 amide bonds. The molecular formula is C15H20N2O2S. The molecule has 0 aromatic heterocycles. The zero-order chi connectivity index (χ0) is 14.7. The van der Waals surface area contributed by atoms with Crippen molar-refractivity contribution in [2.45, 2.75) is 37.6 Å². The summed E-state index contributed by atoms with van der Waals surface area (Å²) >= 11 is 1.15. The minimum atomic E-state index is -0.258. The van der Waals surface area contributed by atoms with Crippen LogP contribution in [0.4, 0.5) is 0 Å². The van der Waals surface area contributed by atoms with Crippen molar-refractivity contribution in [3.63, 3.8) is 0 Å². The van der Waals surface area contributed by atoms with Crippen LogP contribution in [0.3, 0.4) is 0 Å². The lowest BCUT2D eigenvalue weighted by molar-refractivity contribution is -0.125. The molecule has 1 heterocycles. The third-order valence-electron chi connectivity index (χ3n) is 3.65. The van der Waals surface area contributed by atoms with E-state index >= 15 is 0 Å². The monoisotopic (exact) mass is 292 g/mol. The fourth-order valence-electron chi connectivity index (χ4n) is 2.53. The van der Waals surface area contributed by atoms with Gasteiger partial charge in [-0.1, -0.05) is 13.8 Å². The molecule has 1 aromatic carbocycles. The number of Topliss-reactive ketones (excluding diaryl/α,β-unsaturated/α-hetero) is 1. The van der Waals surface area contributed by atoms with Crippen LogP contribution in [-0.2, 0) is 4.79 Å². The average Bonchev–Trinajstić information content (AvgIpc) is 2.94. The zero-order valence-electron chi connectivity index (χ0n) is 11.8. The lowest BCUT2D eigenvalue weighted by atomic mass is 9.99. The number of benzene rings is 1. The summed E-state index contributed by atoms with van der Waals surface area (Å²) in [6.45, 7) is 4.43. The van der Waals surface area contributed by atoms with E-state index in [2.05, 4.69) is 0 Å². The molecule has 108 valence electrons. The first-order chi connectivity index (χ1) is 9.54. The van der Waals surface area contributed by atoms with Crippen LogP contribution in [-0.4, -0.2) is 29.2 Å². The number of carbonyl (C=O) groups excluding carboxylic acids is 2. The van der Waals surface area contributed by atoms with E-state index in [1.807, 2.05) is 26.0 Å². The van der Waals surface area contributed by atoms with Gasteiger partial charge in [-0.2, -0.15) is 0 Å². The summed E-state index contributed by atoms with van der Waals surface area (Å²) in [5.41, 5.74) is 0.617. The molecule has 0 bridgehead atoms. The predicted molar refractivity (Wildman–Crippen MR) is 80.4 cm³/mol. The second-order valence-corrected chi connectivity index (χ2v) is 6.06. The lowest BCUT2D eigenvalue weighted by Crippen LogP contribution is -2.42. The fourth-order valence-corrected chi connectivity index (χ4v) is 2.83. The van der Waals surface area contributed by atoms with Gasteiger partial charge < -0.3 is 4.90 Å². The van der Waals surface area contributed by atoms with Crippen LogP contribution in [0.25, 0.3) is 0 Å². The molecule has 20 heavy (non-hydrogen) atoms. The van der Waals surface area contributed by atoms with Crippen LogP contribution in [0, 0.1) is 5.92 Å². The van der Waals surface area contributed by atoms with Gasteiger partial charge >= 0.3 is 0 Å². The summed E-state index contributed by atoms with van der Waals surface area (Å²) in [4.78, 5) is 27.3. The van der Waals surface area contributed by atoms with Gasteiger partial charge in [-0.25, -0.2) is 0 Å². The fraction of sp³-hybridized carbons (Fsp3) is 0.467. The number of likely N-dealkylation sites (tertiary alicyclic amines) is 1. The molecule has 1 aliphatic heterocycles. The van der Waals surface area contributed by atoms with Gasteiger partial charge in [-0.05, 0) is 49.1 Å². The van der Waals surface area contributed by atoms with E-state index in [0.29, 0.717) is 12.1 Å². The van der Waals surface area contributed by atoms with Crippen LogP contribution in [0.1, 0.15) is 37.0 Å². The van der Waals surface area contributed by atoms with Crippen molar-refractivity contribution in [3.8, 4) is 0 Å². The second kappa shape index (κ2) is 6.41. The maximum absolute atomic E-state index is 12.5. The number of carbonyl (C=O) groups is 2. The van der Waals surface area contributed by atoms with Gasteiger partial charge in [-0.15, -0.1) is 0 Å². The first kappa shape index (κ1) is 15.1. The summed E-state index contributed by atoms with van der Waals surface area (Å²) in [5, 5.41) is 5.47. The van der Waals surface area contributed by atoms with Gasteiger partial charge in [0.05, 0.1) is 6.04 Å². The Hall–Kier alpha value is -1.33. The summed E-state index contributed by atoms with van der Waals surface area (Å²) in [6, 6.07) is 6.94. The minimum Gasteiger partial charge on any atom is -0.329 e. The van der Waals surface area contributed by atoms with E-state index in [1.165, 1.54) is 0 Å². The molecule has 0 spiro atoms. The maximum atomic E-state index is 12.5. The average molecular weight is 292 g/mol. The Bertz CT molecular complexity index is 499. The van der Waals surface area contributed by atoms with E-state index < -0.39 is 0 Å². The topological polar surface area (TPSA) is 63.4 Å². The Labute approximate surface area is 123 Å². The SMILES string of the molecule is CC(C)C(=O)C1CCCN1C(=O)c1ccc(SN)cc1. The number of nitrogens with zero attached hydrogens (tertiary/aromatic N) is 1. The van der Waals surface area contributed by atoms with Crippen LogP contribution in [0.15, 0.2) is 29.2 Å². The molecule has 5 heteroatoms. The van der Waals surface area contributed by atoms with Gasteiger partial charge in [-0.3, -0.25) is 14.7 Å². The van der Waals surface area contributed by atoms with Gasteiger partial charge in [0, 0.05) is 22.9 Å². The van der Waals surface area contributed by atoms with Crippen molar-refractivity contribution in [2.24, 2.45) is 11.1 Å². The van der Waals surface area contributed by atoms with E-state index in [0.717, 1.165) is 29.7 Å². The van der Waals surface area contributed by atoms with E-state index in [4.69, 9.17) is 5.14 Å². The number of hydrogen-bond acceptors (Lipinski definition) is 4. The number of amides is 1. The molecular weight excluding hydrogens is 272 g/mol. The highest BCUT2D eigenvalue weighted by molar-refractivity contribution is 7.97. The van der Waals surface area contributed by atoms with Crippen molar-refractivity contribution in [2.75, 3.05) is 6.54 Å². The maximum Gasteiger partial charge on any atom is 0.254 e. The highest BCUT2D eigenvalue weighted by atomic mass is 32.2. The van der Waals surface area contributed by atoms with Crippen molar-refractivity contribution >= 4 is 23.6 Å². The van der Waals surface area contributed by atoms with Gasteiger partial charge in [0.25, 0.3) is 5.91 Å². The molecule has 1 fully saturated rings. The zero-order valence-corrected chi connectivity index (χ0v) is 12.7. The second-order valence-electron chi connectivity index (χ2n) is 5.36. The Morgan fingerprint density at radius 3 is 2.50 bits per heavy atom. The number of hydrogen-bond donors (Lipinski definition) is 1. The van der Waals surface area contributed by atoms with E-state index in [1.54, 1.807) is 17.0 Å². The third kappa shape index (κ3) is 3.04. The Balaban J connectivity index is 2.16. The van der Waals surface area contributed by atoms with Crippen molar-refractivity contribution in [1.82, 2.24) is 4.90 Å². The standard InChI is InChI=1S/C15H20N2O2S/c1-10(2)14(18)13-4-3-9-17(13)15(19)11-5-7-12(20-16)8-6-11/h5-8,10,13H,3-4,9,16H2,1-2H3. The highest BCUT2D eigenvalue weighted by Crippen LogP contribution is 2.23. The quantitative estimate of drug-likeness (QED) is 0.866. The summed E-state index contributed by atoms with van der Waals surface area (Å²) in [6.07, 6.45) is 1.67. The van der Waals surface area contributed by atoms with Crippen molar-refractivity contribution in [3.05, 3.63) is 29.8 Å². The van der Waals surface area contributed by atoms with Crippen LogP contribution in [0.2, 0.25) is 0 Å². The summed E-state index contributed by atoms with van der Waals surface area (Å²) < 4.78 is 0. The van der Waals surface area contributed by atoms with Crippen LogP contribution >= 0.6 is 11.9 Å². The molecule has 2 rings (SSSR count). The summed E-state index contributed by atoms with van der Waals surface area (Å²) in [5.74, 6) is 0.0597. The Morgan fingerprint density at radius 2 is 1.95 bits per heavy atom. The molecule has 1 unspecified atom stereocenters. The predicted octanol–water partition coefficient (Wildman–Crippen LogP) is 2.48. The third-order valence-corrected chi connectivity index (χ3v) is 4.19. The first-order valence-corrected chi connectivity index (χ1v) is 7.74. The number of rotatable bonds is 4. The largest absolute Gasteiger partial charge is 0.329 e. The van der Waals surface area contributed by atoms with Gasteiger partial charge in [0.1, 0.15) is 0 Å². The highest BCUT2D eigenvalue weighted by Gasteiger charge is 2.35. The minimum absolute atomic E-state index is 0.0376. The Kier molecular flexibility index (Phi) is 4.83. The molecule has 2 N–H and O–H groups in total. The molecule has 0 saturated carbocycles. The molecule has 1 saturated heterocycles. The van der Waals surface area contributed by atoms with Crippen LogP contribution in [0.5, 0.6) is 0 Å². The Morgan fingerprint density at radius 1 is 1.30 bits per heavy atom. The van der Waals surface area contributed by atoms with E-state index in [-0.39, 0.29) is 23.7 Å². The molecule has 0 radical (unpaired) electrons. The van der Waals surface area contributed by atoms with Gasteiger partial charge in [0.2, 0.25) is 0 Å². The molecule has 4 nitrogen and oxygen atoms in total. The smallest absolute Gasteiger partial charge is 0.254 e. The van der Waals surface area contributed by atoms with Crippen molar-refractivity contribution in [1.29, 1.82) is 0 Å². The van der Waals surface area contributed by atoms with Gasteiger partial charge in [0.15, 0.2) is 5.78 Å². The first-order valence-electron chi connectivity index (χ1n) is 6.86. The molecule has 0 aliphatic carbocycles. The molecule has 1 aliphatic rings. The normalized spacial score (nSPS) is 18.6.